The molecule has 2 aromatic carbocycles. The largest absolute Gasteiger partial charge is 0.478 e. The third kappa shape index (κ3) is 4.28. The lowest BCUT2D eigenvalue weighted by molar-refractivity contribution is -0.285. The number of carbonyl (C=O) groups is 2. The van der Waals surface area contributed by atoms with E-state index in [0.717, 1.165) is 4.68 Å². The topological polar surface area (TPSA) is 136 Å². The van der Waals surface area contributed by atoms with Crippen LogP contribution in [0.4, 0.5) is 33.6 Å². The van der Waals surface area contributed by atoms with E-state index in [0.29, 0.717) is 10.9 Å². The van der Waals surface area contributed by atoms with Gasteiger partial charge in [0.05, 0.1) is 16.6 Å². The Hall–Kier alpha value is -4.33. The molecule has 0 bridgehead atoms. The normalized spacial score (nSPS) is 17.2. The Kier molecular flexibility index (Phi) is 6.21. The number of nitrogens with one attached hydrogen (secondary N) is 1. The van der Waals surface area contributed by atoms with E-state index < -0.39 is 42.4 Å². The summed E-state index contributed by atoms with van der Waals surface area (Å²) in [6.07, 6.45) is -7.31. The average Bonchev–Trinajstić information content (AvgIpc) is 3.36. The predicted octanol–water partition coefficient (Wildman–Crippen LogP) is 5.27. The third-order valence-electron chi connectivity index (χ3n) is 6.79. The molecule has 208 valence electrons. The van der Waals surface area contributed by atoms with Gasteiger partial charge >= 0.3 is 18.1 Å². The molecule has 5 rings (SSSR count). The van der Waals surface area contributed by atoms with E-state index >= 15 is 0 Å². The minimum Gasteiger partial charge on any atom is -0.478 e. The number of nitrogens with two attached hydrogens (primary N) is 1. The van der Waals surface area contributed by atoms with Crippen LogP contribution in [0.25, 0.3) is 22.4 Å². The molecule has 0 aliphatic carbocycles. The second-order valence-corrected chi connectivity index (χ2v) is 9.74. The molecular weight excluding hydrogens is 563 g/mol. The van der Waals surface area contributed by atoms with Crippen LogP contribution in [0.3, 0.4) is 0 Å². The number of anilines is 2. The first kappa shape index (κ1) is 27.2. The molecule has 1 aliphatic rings. The number of aromatic nitrogens is 4. The van der Waals surface area contributed by atoms with Crippen LogP contribution in [0.1, 0.15) is 34.8 Å². The second kappa shape index (κ2) is 9.11. The fraction of sp³-hybridized carbons (Fsp3) is 0.240. The lowest BCUT2D eigenvalue weighted by Gasteiger charge is -2.23. The average molecular weight is 581 g/mol. The van der Waals surface area contributed by atoms with Gasteiger partial charge in [0.25, 0.3) is 0 Å². The summed E-state index contributed by atoms with van der Waals surface area (Å²) in [5.74, 6) is -6.98. The molecule has 1 amide bonds. The number of carboxylic acid groups (broad SMARTS) is 1. The lowest BCUT2D eigenvalue weighted by Crippen LogP contribution is -2.37. The van der Waals surface area contributed by atoms with Crippen molar-refractivity contribution in [3.05, 3.63) is 64.2 Å². The number of carboxylic acids is 1. The summed E-state index contributed by atoms with van der Waals surface area (Å²) in [7, 11) is 0. The first-order chi connectivity index (χ1) is 18.6. The zero-order valence-corrected chi connectivity index (χ0v) is 21.1. The van der Waals surface area contributed by atoms with Gasteiger partial charge in [-0.3, -0.25) is 9.48 Å². The minimum atomic E-state index is -5.73. The highest BCUT2D eigenvalue weighted by Crippen LogP contribution is 2.45. The Morgan fingerprint density at radius 3 is 2.55 bits per heavy atom. The van der Waals surface area contributed by atoms with Crippen molar-refractivity contribution in [2.45, 2.75) is 37.4 Å². The number of benzene rings is 2. The smallest absolute Gasteiger partial charge is 0.453 e. The molecule has 9 nitrogen and oxygen atoms in total. The number of aromatic carboxylic acids is 1. The molecular formula is C25H18ClF5N6O3. The molecule has 0 spiro atoms. The number of carbonyl (C=O) groups excluding carboxylic acids is 1. The van der Waals surface area contributed by atoms with Crippen LogP contribution in [0, 0.1) is 0 Å². The van der Waals surface area contributed by atoms with Gasteiger partial charge in [-0.2, -0.15) is 27.1 Å². The fourth-order valence-corrected chi connectivity index (χ4v) is 4.79. The van der Waals surface area contributed by atoms with Gasteiger partial charge < -0.3 is 16.2 Å². The van der Waals surface area contributed by atoms with E-state index in [1.165, 1.54) is 43.3 Å². The molecule has 3 heterocycles. The number of nitrogens with zero attached hydrogens (tertiary/aromatic N) is 4. The number of alkyl halides is 5. The van der Waals surface area contributed by atoms with Crippen LogP contribution in [0.15, 0.2) is 42.5 Å². The van der Waals surface area contributed by atoms with Crippen molar-refractivity contribution < 1.29 is 36.6 Å². The molecule has 4 N–H and O–H groups in total. The summed E-state index contributed by atoms with van der Waals surface area (Å²) in [6, 6.07) is 10.0. The number of rotatable bonds is 6. The Balaban J connectivity index is 1.61. The van der Waals surface area contributed by atoms with Crippen LogP contribution in [0.5, 0.6) is 0 Å². The monoisotopic (exact) mass is 580 g/mol. The molecule has 0 saturated heterocycles. The molecule has 0 radical (unpaired) electrons. The van der Waals surface area contributed by atoms with Gasteiger partial charge in [-0.1, -0.05) is 23.7 Å². The van der Waals surface area contributed by atoms with Crippen molar-refractivity contribution in [1.82, 2.24) is 19.7 Å². The van der Waals surface area contributed by atoms with Crippen LogP contribution in [0.2, 0.25) is 5.02 Å². The summed E-state index contributed by atoms with van der Waals surface area (Å²) < 4.78 is 66.4. The Morgan fingerprint density at radius 2 is 1.88 bits per heavy atom. The highest BCUT2D eigenvalue weighted by Gasteiger charge is 2.56. The van der Waals surface area contributed by atoms with E-state index in [2.05, 4.69) is 20.4 Å². The van der Waals surface area contributed by atoms with Crippen molar-refractivity contribution in [3.8, 4) is 11.5 Å². The summed E-state index contributed by atoms with van der Waals surface area (Å²) in [5.41, 5.74) is 5.44. The van der Waals surface area contributed by atoms with Crippen molar-refractivity contribution in [2.75, 3.05) is 11.1 Å². The van der Waals surface area contributed by atoms with Crippen LogP contribution in [-0.4, -0.2) is 48.8 Å². The lowest BCUT2D eigenvalue weighted by atomic mass is 9.77. The number of fused-ring (bicyclic) bond motifs is 2. The molecule has 1 aliphatic heterocycles. The summed E-state index contributed by atoms with van der Waals surface area (Å²) in [5, 5.41) is 16.7. The maximum atomic E-state index is 13.6. The number of halogens is 6. The molecule has 1 atom stereocenters. The molecule has 40 heavy (non-hydrogen) atoms. The first-order valence-electron chi connectivity index (χ1n) is 11.6. The summed E-state index contributed by atoms with van der Waals surface area (Å²) in [6.45, 7) is 0.722. The highest BCUT2D eigenvalue weighted by atomic mass is 35.5. The van der Waals surface area contributed by atoms with Crippen molar-refractivity contribution in [3.63, 3.8) is 0 Å². The van der Waals surface area contributed by atoms with Crippen molar-refractivity contribution in [2.24, 2.45) is 0 Å². The zero-order valence-electron chi connectivity index (χ0n) is 20.4. The summed E-state index contributed by atoms with van der Waals surface area (Å²) in [4.78, 5) is 33.3. The van der Waals surface area contributed by atoms with Gasteiger partial charge in [-0.05, 0) is 42.8 Å². The first-order valence-corrected chi connectivity index (χ1v) is 12.0. The van der Waals surface area contributed by atoms with Crippen molar-refractivity contribution >= 4 is 46.0 Å². The maximum absolute atomic E-state index is 13.6. The quantitative estimate of drug-likeness (QED) is 0.264. The van der Waals surface area contributed by atoms with E-state index in [-0.39, 0.29) is 44.8 Å². The highest BCUT2D eigenvalue weighted by molar-refractivity contribution is 6.31. The van der Waals surface area contributed by atoms with Crippen LogP contribution >= 0.6 is 11.6 Å². The zero-order chi connectivity index (χ0) is 29.2. The minimum absolute atomic E-state index is 0.00668. The number of hydrogen-bond acceptors (Lipinski definition) is 6. The Bertz CT molecular complexity index is 1710. The van der Waals surface area contributed by atoms with Gasteiger partial charge in [0.15, 0.2) is 5.82 Å². The Morgan fingerprint density at radius 1 is 1.15 bits per heavy atom. The van der Waals surface area contributed by atoms with E-state index in [9.17, 15) is 36.6 Å². The SMILES string of the molecule is C[C@]1(c2cccc(C(=O)O)c2)C(=O)Nc2nc(-c3nn(CCC(F)(F)C(F)(F)F)c4cc(Cl)ccc34)nc(N)c21. The molecule has 15 heteroatoms. The van der Waals surface area contributed by atoms with Gasteiger partial charge in [-0.25, -0.2) is 14.8 Å². The maximum Gasteiger partial charge on any atom is 0.453 e. The number of aryl methyl sites for hydroxylation is 1. The van der Waals surface area contributed by atoms with Crippen molar-refractivity contribution in [1.29, 1.82) is 0 Å². The number of amides is 1. The van der Waals surface area contributed by atoms with Gasteiger partial charge in [0.2, 0.25) is 5.91 Å². The van der Waals surface area contributed by atoms with Gasteiger partial charge in [-0.15, -0.1) is 0 Å². The third-order valence-corrected chi connectivity index (χ3v) is 7.02. The van der Waals surface area contributed by atoms with Crippen LogP contribution in [-0.2, 0) is 16.8 Å². The van der Waals surface area contributed by atoms with E-state index in [1.54, 1.807) is 6.07 Å². The van der Waals surface area contributed by atoms with Gasteiger partial charge in [0.1, 0.15) is 22.7 Å². The molecule has 2 aromatic heterocycles. The summed E-state index contributed by atoms with van der Waals surface area (Å²) >= 11 is 6.04. The molecule has 4 aromatic rings. The molecule has 0 unspecified atom stereocenters. The molecule has 0 fully saturated rings. The molecule has 0 saturated carbocycles. The Labute approximate surface area is 226 Å². The number of nitrogen functional groups attached to an aromatic ring is 1. The standard InChI is InChI=1S/C25H18ClF5N6O3/c1-23(12-4-2-3-11(9-12)21(38)39)16-18(32)33-20(34-19(16)35-22(23)40)17-14-6-5-13(26)10-15(14)37(36-17)8-7-24(27,28)25(29,30)31/h2-6,9-10H,7-8H2,1H3,(H,38,39)(H3,32,33,34,35,40)/t23-/m1/s1. The number of hydrogen-bond donors (Lipinski definition) is 3. The van der Waals surface area contributed by atoms with Gasteiger partial charge in [0, 0.05) is 23.4 Å². The van der Waals surface area contributed by atoms with E-state index in [4.69, 9.17) is 17.3 Å². The van der Waals surface area contributed by atoms with E-state index in [1.807, 2.05) is 0 Å². The van der Waals surface area contributed by atoms with Crippen LogP contribution < -0.4 is 11.1 Å². The second-order valence-electron chi connectivity index (χ2n) is 9.31. The fourth-order valence-electron chi connectivity index (χ4n) is 4.62. The predicted molar refractivity (Wildman–Crippen MR) is 134 cm³/mol.